The summed E-state index contributed by atoms with van der Waals surface area (Å²) in [5.74, 6) is 0.693. The monoisotopic (exact) mass is 281 g/mol. The minimum atomic E-state index is -3.15. The van der Waals surface area contributed by atoms with Gasteiger partial charge in [0.05, 0.1) is 11.8 Å². The topological polar surface area (TPSA) is 62.3 Å². The molecule has 2 aliphatic rings. The molecule has 3 rings (SSSR count). The molecule has 2 fully saturated rings. The second-order valence-corrected chi connectivity index (χ2v) is 7.31. The van der Waals surface area contributed by atoms with Gasteiger partial charge in [-0.25, -0.2) is 8.42 Å². The van der Waals surface area contributed by atoms with Crippen LogP contribution in [0.15, 0.2) is 24.5 Å². The first-order chi connectivity index (χ1) is 9.17. The number of aromatic nitrogens is 1. The van der Waals surface area contributed by atoms with Crippen molar-refractivity contribution in [2.45, 2.75) is 18.9 Å². The lowest BCUT2D eigenvalue weighted by Crippen LogP contribution is -2.49. The number of nitrogens with one attached hydrogen (secondary N) is 1. The van der Waals surface area contributed by atoms with E-state index in [0.29, 0.717) is 24.8 Å². The van der Waals surface area contributed by atoms with Crippen LogP contribution in [-0.2, 0) is 10.0 Å². The van der Waals surface area contributed by atoms with E-state index in [1.54, 1.807) is 16.7 Å². The van der Waals surface area contributed by atoms with Crippen molar-refractivity contribution < 1.29 is 8.42 Å². The minimum Gasteiger partial charge on any atom is -0.313 e. The van der Waals surface area contributed by atoms with Gasteiger partial charge in [-0.3, -0.25) is 4.98 Å². The van der Waals surface area contributed by atoms with E-state index in [1.807, 2.05) is 12.1 Å². The summed E-state index contributed by atoms with van der Waals surface area (Å²) < 4.78 is 26.7. The average molecular weight is 281 g/mol. The summed E-state index contributed by atoms with van der Waals surface area (Å²) in [7, 11) is -3.15. The fourth-order valence-electron chi connectivity index (χ4n) is 2.55. The lowest BCUT2D eigenvalue weighted by molar-refractivity contribution is 0.270. The lowest BCUT2D eigenvalue weighted by Gasteiger charge is -2.35. The number of rotatable bonds is 4. The van der Waals surface area contributed by atoms with E-state index in [0.717, 1.165) is 24.9 Å². The number of nitrogens with zero attached hydrogens (tertiary/aromatic N) is 2. The summed E-state index contributed by atoms with van der Waals surface area (Å²) in [6.45, 7) is 1.94. The summed E-state index contributed by atoms with van der Waals surface area (Å²) in [5.41, 5.74) is 0.967. The molecule has 1 unspecified atom stereocenters. The predicted octanol–water partition coefficient (Wildman–Crippen LogP) is 0.768. The minimum absolute atomic E-state index is 0.119. The molecule has 5 nitrogen and oxygen atoms in total. The van der Waals surface area contributed by atoms with Crippen LogP contribution < -0.4 is 5.32 Å². The molecule has 1 atom stereocenters. The Morgan fingerprint density at radius 1 is 1.42 bits per heavy atom. The molecule has 1 aliphatic heterocycles. The quantitative estimate of drug-likeness (QED) is 0.885. The number of hydrogen-bond acceptors (Lipinski definition) is 4. The largest absolute Gasteiger partial charge is 0.313 e. The molecule has 1 saturated heterocycles. The van der Waals surface area contributed by atoms with Crippen LogP contribution in [-0.4, -0.2) is 43.1 Å². The van der Waals surface area contributed by atoms with E-state index in [-0.39, 0.29) is 6.04 Å². The molecule has 0 spiro atoms. The van der Waals surface area contributed by atoms with Crippen LogP contribution in [0.5, 0.6) is 0 Å². The molecular formula is C13H19N3O2S. The lowest BCUT2D eigenvalue weighted by atomic mass is 10.1. The Bertz CT molecular complexity index is 528. The van der Waals surface area contributed by atoms with Gasteiger partial charge in [0.25, 0.3) is 0 Å². The second-order valence-electron chi connectivity index (χ2n) is 5.34. The van der Waals surface area contributed by atoms with Crippen LogP contribution in [0.1, 0.15) is 24.4 Å². The van der Waals surface area contributed by atoms with Gasteiger partial charge in [-0.2, -0.15) is 4.31 Å². The molecule has 0 radical (unpaired) electrons. The van der Waals surface area contributed by atoms with Gasteiger partial charge in [0.15, 0.2) is 0 Å². The second kappa shape index (κ2) is 5.19. The van der Waals surface area contributed by atoms with Crippen molar-refractivity contribution in [1.29, 1.82) is 0 Å². The third kappa shape index (κ3) is 2.96. The fourth-order valence-corrected chi connectivity index (χ4v) is 4.63. The molecule has 1 aromatic heterocycles. The Balaban J connectivity index is 1.84. The zero-order chi connectivity index (χ0) is 13.3. The molecule has 0 amide bonds. The molecule has 2 heterocycles. The van der Waals surface area contributed by atoms with Gasteiger partial charge in [0.2, 0.25) is 10.0 Å². The molecule has 104 valence electrons. The van der Waals surface area contributed by atoms with Crippen LogP contribution >= 0.6 is 0 Å². The standard InChI is InChI=1S/C13H19N3O2S/c17-19(18,10-11-3-4-11)16-7-6-15-9-13(16)12-2-1-5-14-8-12/h1-2,5,8,11,13,15H,3-4,6-7,9-10H2. The van der Waals surface area contributed by atoms with Crippen LogP contribution in [0, 0.1) is 5.92 Å². The van der Waals surface area contributed by atoms with Crippen LogP contribution in [0.4, 0.5) is 0 Å². The van der Waals surface area contributed by atoms with Gasteiger partial charge in [0, 0.05) is 32.0 Å². The van der Waals surface area contributed by atoms with Crippen molar-refractivity contribution in [2.24, 2.45) is 5.92 Å². The molecule has 0 bridgehead atoms. The fraction of sp³-hybridized carbons (Fsp3) is 0.615. The molecule has 1 aromatic rings. The van der Waals surface area contributed by atoms with Crippen molar-refractivity contribution in [1.82, 2.24) is 14.6 Å². The molecule has 1 aliphatic carbocycles. The van der Waals surface area contributed by atoms with Crippen LogP contribution in [0.25, 0.3) is 0 Å². The summed E-state index contributed by atoms with van der Waals surface area (Å²) in [6, 6.07) is 3.69. The first-order valence-electron chi connectivity index (χ1n) is 6.77. The van der Waals surface area contributed by atoms with Gasteiger partial charge >= 0.3 is 0 Å². The van der Waals surface area contributed by atoms with E-state index in [9.17, 15) is 8.42 Å². The zero-order valence-electron chi connectivity index (χ0n) is 10.8. The first kappa shape index (κ1) is 13.0. The maximum absolute atomic E-state index is 12.5. The van der Waals surface area contributed by atoms with Crippen molar-refractivity contribution >= 4 is 10.0 Å². The average Bonchev–Trinajstić information content (AvgIpc) is 3.23. The number of sulfonamides is 1. The smallest absolute Gasteiger partial charge is 0.215 e. The zero-order valence-corrected chi connectivity index (χ0v) is 11.6. The SMILES string of the molecule is O=S(=O)(CC1CC1)N1CCNCC1c1cccnc1. The third-order valence-electron chi connectivity index (χ3n) is 3.76. The molecule has 1 N–H and O–H groups in total. The highest BCUT2D eigenvalue weighted by molar-refractivity contribution is 7.89. The van der Waals surface area contributed by atoms with E-state index < -0.39 is 10.0 Å². The van der Waals surface area contributed by atoms with Crippen molar-refractivity contribution in [3.63, 3.8) is 0 Å². The first-order valence-corrected chi connectivity index (χ1v) is 8.38. The number of pyridine rings is 1. The Kier molecular flexibility index (Phi) is 3.56. The Morgan fingerprint density at radius 3 is 2.95 bits per heavy atom. The molecule has 19 heavy (non-hydrogen) atoms. The summed E-state index contributed by atoms with van der Waals surface area (Å²) in [4.78, 5) is 4.10. The van der Waals surface area contributed by atoms with E-state index in [1.165, 1.54) is 0 Å². The van der Waals surface area contributed by atoms with Gasteiger partial charge in [-0.1, -0.05) is 6.07 Å². The molecular weight excluding hydrogens is 262 g/mol. The Morgan fingerprint density at radius 2 is 2.26 bits per heavy atom. The Hall–Kier alpha value is -0.980. The molecule has 1 saturated carbocycles. The van der Waals surface area contributed by atoms with Gasteiger partial charge in [0.1, 0.15) is 0 Å². The van der Waals surface area contributed by atoms with Crippen molar-refractivity contribution in [2.75, 3.05) is 25.4 Å². The summed E-state index contributed by atoms with van der Waals surface area (Å²) in [6.07, 6.45) is 5.59. The van der Waals surface area contributed by atoms with E-state index in [2.05, 4.69) is 10.3 Å². The third-order valence-corrected chi connectivity index (χ3v) is 5.81. The van der Waals surface area contributed by atoms with Crippen molar-refractivity contribution in [3.8, 4) is 0 Å². The highest BCUT2D eigenvalue weighted by Crippen LogP contribution is 2.33. The predicted molar refractivity (Wildman–Crippen MR) is 73.1 cm³/mol. The van der Waals surface area contributed by atoms with Crippen molar-refractivity contribution in [3.05, 3.63) is 30.1 Å². The van der Waals surface area contributed by atoms with Gasteiger partial charge in [-0.05, 0) is 30.4 Å². The Labute approximate surface area is 114 Å². The number of piperazine rings is 1. The molecule has 6 heteroatoms. The maximum atomic E-state index is 12.5. The van der Waals surface area contributed by atoms with Gasteiger partial charge in [-0.15, -0.1) is 0 Å². The summed E-state index contributed by atoms with van der Waals surface area (Å²) >= 11 is 0. The maximum Gasteiger partial charge on any atom is 0.215 e. The van der Waals surface area contributed by atoms with Crippen LogP contribution in [0.3, 0.4) is 0 Å². The van der Waals surface area contributed by atoms with E-state index >= 15 is 0 Å². The normalized spacial score (nSPS) is 25.4. The van der Waals surface area contributed by atoms with Gasteiger partial charge < -0.3 is 5.32 Å². The van der Waals surface area contributed by atoms with Crippen LogP contribution in [0.2, 0.25) is 0 Å². The van der Waals surface area contributed by atoms with E-state index in [4.69, 9.17) is 0 Å². The highest BCUT2D eigenvalue weighted by atomic mass is 32.2. The summed E-state index contributed by atoms with van der Waals surface area (Å²) in [5, 5.41) is 3.27. The molecule has 0 aromatic carbocycles. The highest BCUT2D eigenvalue weighted by Gasteiger charge is 2.37. The number of hydrogen-bond donors (Lipinski definition) is 1.